The van der Waals surface area contributed by atoms with Crippen LogP contribution in [0, 0.1) is 0 Å². The van der Waals surface area contributed by atoms with Crippen LogP contribution in [0.3, 0.4) is 0 Å². The zero-order chi connectivity index (χ0) is 19.8. The van der Waals surface area contributed by atoms with Gasteiger partial charge in [0.05, 0.1) is 19.8 Å². The summed E-state index contributed by atoms with van der Waals surface area (Å²) in [5.74, 6) is 0.513. The van der Waals surface area contributed by atoms with E-state index in [2.05, 4.69) is 5.32 Å². The summed E-state index contributed by atoms with van der Waals surface area (Å²) in [7, 11) is 3.15. The van der Waals surface area contributed by atoms with Crippen LogP contribution >= 0.6 is 0 Å². The van der Waals surface area contributed by atoms with Crippen LogP contribution in [-0.2, 0) is 19.1 Å². The highest BCUT2D eigenvalue weighted by Crippen LogP contribution is 2.30. The van der Waals surface area contributed by atoms with Crippen molar-refractivity contribution in [1.82, 2.24) is 10.2 Å². The zero-order valence-corrected chi connectivity index (χ0v) is 15.9. The number of ether oxygens (including phenoxy) is 3. The standard InChI is InChI=1S/C19H26N2O6/c1-13(20-17(22)8-9-21-18(23)6-7-19(21)24)14-4-5-15(16(12-14)26-3)27-11-10-25-2/h4-5,12-13H,6-11H2,1-3H3,(H,20,22)/t13-/m0/s1. The van der Waals surface area contributed by atoms with Gasteiger partial charge < -0.3 is 19.5 Å². The molecule has 0 aromatic heterocycles. The van der Waals surface area contributed by atoms with E-state index >= 15 is 0 Å². The number of rotatable bonds is 10. The first kappa shape index (κ1) is 20.7. The summed E-state index contributed by atoms with van der Waals surface area (Å²) in [5.41, 5.74) is 0.854. The number of carbonyl (C=O) groups excluding carboxylic acids is 3. The molecule has 1 aliphatic heterocycles. The molecule has 1 aromatic carbocycles. The van der Waals surface area contributed by atoms with Crippen LogP contribution in [0.15, 0.2) is 18.2 Å². The van der Waals surface area contributed by atoms with Crippen molar-refractivity contribution in [3.05, 3.63) is 23.8 Å². The predicted molar refractivity (Wildman–Crippen MR) is 97.5 cm³/mol. The third kappa shape index (κ3) is 5.68. The first-order chi connectivity index (χ1) is 13.0. The smallest absolute Gasteiger partial charge is 0.229 e. The van der Waals surface area contributed by atoms with Crippen molar-refractivity contribution >= 4 is 17.7 Å². The van der Waals surface area contributed by atoms with Crippen LogP contribution in [0.5, 0.6) is 11.5 Å². The SMILES string of the molecule is COCCOc1ccc([C@H](C)NC(=O)CCN2C(=O)CCC2=O)cc1OC. The minimum absolute atomic E-state index is 0.0805. The molecule has 0 unspecified atom stereocenters. The number of amides is 3. The number of imide groups is 1. The Morgan fingerprint density at radius 3 is 2.48 bits per heavy atom. The first-order valence-electron chi connectivity index (χ1n) is 8.88. The fourth-order valence-electron chi connectivity index (χ4n) is 2.79. The Balaban J connectivity index is 1.90. The number of nitrogens with one attached hydrogen (secondary N) is 1. The average molecular weight is 378 g/mol. The molecule has 1 saturated heterocycles. The Morgan fingerprint density at radius 2 is 1.85 bits per heavy atom. The summed E-state index contributed by atoms with van der Waals surface area (Å²) in [4.78, 5) is 36.5. The van der Waals surface area contributed by atoms with E-state index in [-0.39, 0.29) is 49.6 Å². The minimum Gasteiger partial charge on any atom is -0.493 e. The number of hydrogen-bond acceptors (Lipinski definition) is 6. The Morgan fingerprint density at radius 1 is 1.15 bits per heavy atom. The molecular formula is C19H26N2O6. The second-order valence-corrected chi connectivity index (χ2v) is 6.23. The molecule has 1 heterocycles. The Hall–Kier alpha value is -2.61. The molecule has 1 aliphatic rings. The maximum Gasteiger partial charge on any atom is 0.229 e. The Bertz CT molecular complexity index is 675. The number of nitrogens with zero attached hydrogens (tertiary/aromatic N) is 1. The van der Waals surface area contributed by atoms with Crippen LogP contribution < -0.4 is 14.8 Å². The first-order valence-corrected chi connectivity index (χ1v) is 8.88. The topological polar surface area (TPSA) is 94.2 Å². The third-order valence-electron chi connectivity index (χ3n) is 4.33. The lowest BCUT2D eigenvalue weighted by atomic mass is 10.1. The maximum absolute atomic E-state index is 12.2. The summed E-state index contributed by atoms with van der Waals surface area (Å²) in [6.45, 7) is 2.85. The van der Waals surface area contributed by atoms with E-state index in [0.29, 0.717) is 24.7 Å². The van der Waals surface area contributed by atoms with Gasteiger partial charge in [-0.2, -0.15) is 0 Å². The van der Waals surface area contributed by atoms with Gasteiger partial charge >= 0.3 is 0 Å². The normalized spacial score (nSPS) is 15.0. The Kier molecular flexibility index (Phi) is 7.60. The van der Waals surface area contributed by atoms with Crippen LogP contribution in [0.25, 0.3) is 0 Å². The van der Waals surface area contributed by atoms with Crippen LogP contribution in [-0.4, -0.2) is 56.6 Å². The van der Waals surface area contributed by atoms with Crippen LogP contribution in [0.2, 0.25) is 0 Å². The van der Waals surface area contributed by atoms with Crippen molar-refractivity contribution in [1.29, 1.82) is 0 Å². The van der Waals surface area contributed by atoms with E-state index in [9.17, 15) is 14.4 Å². The van der Waals surface area contributed by atoms with E-state index < -0.39 is 0 Å². The second kappa shape index (κ2) is 9.91. The van der Waals surface area contributed by atoms with Gasteiger partial charge in [0.2, 0.25) is 17.7 Å². The molecule has 3 amide bonds. The van der Waals surface area contributed by atoms with Crippen molar-refractivity contribution < 1.29 is 28.6 Å². The van der Waals surface area contributed by atoms with Crippen molar-refractivity contribution in [2.75, 3.05) is 34.0 Å². The summed E-state index contributed by atoms with van der Waals surface area (Å²) in [6.07, 6.45) is 0.544. The lowest BCUT2D eigenvalue weighted by Gasteiger charge is -2.18. The molecule has 2 rings (SSSR count). The highest BCUT2D eigenvalue weighted by molar-refractivity contribution is 6.02. The molecule has 1 N–H and O–H groups in total. The molecule has 0 spiro atoms. The number of carbonyl (C=O) groups is 3. The molecule has 27 heavy (non-hydrogen) atoms. The molecule has 0 bridgehead atoms. The molecular weight excluding hydrogens is 352 g/mol. The molecule has 8 nitrogen and oxygen atoms in total. The molecule has 1 fully saturated rings. The summed E-state index contributed by atoms with van der Waals surface area (Å²) in [6, 6.07) is 5.18. The van der Waals surface area contributed by atoms with E-state index in [1.165, 1.54) is 0 Å². The summed E-state index contributed by atoms with van der Waals surface area (Å²) in [5, 5.41) is 2.87. The van der Waals surface area contributed by atoms with Crippen LogP contribution in [0.1, 0.15) is 37.8 Å². The Labute approximate surface area is 158 Å². The number of methoxy groups -OCH3 is 2. The molecule has 1 aromatic rings. The third-order valence-corrected chi connectivity index (χ3v) is 4.33. The van der Waals surface area contributed by atoms with Crippen LogP contribution in [0.4, 0.5) is 0 Å². The molecule has 0 aliphatic carbocycles. The lowest BCUT2D eigenvalue weighted by molar-refractivity contribution is -0.138. The van der Waals surface area contributed by atoms with E-state index in [4.69, 9.17) is 14.2 Å². The van der Waals surface area contributed by atoms with Gasteiger partial charge in [-0.25, -0.2) is 0 Å². The van der Waals surface area contributed by atoms with Crippen molar-refractivity contribution in [2.24, 2.45) is 0 Å². The quantitative estimate of drug-likeness (QED) is 0.489. The number of likely N-dealkylation sites (tertiary alicyclic amines) is 1. The van der Waals surface area contributed by atoms with Gasteiger partial charge in [0.1, 0.15) is 6.61 Å². The van der Waals surface area contributed by atoms with Crippen molar-refractivity contribution in [3.63, 3.8) is 0 Å². The number of hydrogen-bond donors (Lipinski definition) is 1. The predicted octanol–water partition coefficient (Wildman–Crippen LogP) is 1.44. The van der Waals surface area contributed by atoms with E-state index in [1.807, 2.05) is 13.0 Å². The van der Waals surface area contributed by atoms with Crippen molar-refractivity contribution in [3.8, 4) is 11.5 Å². The second-order valence-electron chi connectivity index (χ2n) is 6.23. The highest BCUT2D eigenvalue weighted by Gasteiger charge is 2.28. The number of benzene rings is 1. The van der Waals surface area contributed by atoms with Crippen molar-refractivity contribution in [2.45, 2.75) is 32.2 Å². The van der Waals surface area contributed by atoms with Gasteiger partial charge in [-0.3, -0.25) is 19.3 Å². The van der Waals surface area contributed by atoms with E-state index in [0.717, 1.165) is 10.5 Å². The zero-order valence-electron chi connectivity index (χ0n) is 15.9. The molecule has 148 valence electrons. The van der Waals surface area contributed by atoms with Gasteiger partial charge in [0.25, 0.3) is 0 Å². The van der Waals surface area contributed by atoms with Gasteiger partial charge in [0.15, 0.2) is 11.5 Å². The van der Waals surface area contributed by atoms with E-state index in [1.54, 1.807) is 26.4 Å². The fourth-order valence-corrected chi connectivity index (χ4v) is 2.79. The minimum atomic E-state index is -0.260. The molecule has 8 heteroatoms. The fraction of sp³-hybridized carbons (Fsp3) is 0.526. The molecule has 0 radical (unpaired) electrons. The largest absolute Gasteiger partial charge is 0.493 e. The highest BCUT2D eigenvalue weighted by atomic mass is 16.5. The summed E-state index contributed by atoms with van der Waals surface area (Å²) < 4.78 is 15.9. The lowest BCUT2D eigenvalue weighted by Crippen LogP contribution is -2.34. The monoisotopic (exact) mass is 378 g/mol. The van der Waals surface area contributed by atoms with Gasteiger partial charge in [-0.05, 0) is 24.6 Å². The van der Waals surface area contributed by atoms with Gasteiger partial charge in [-0.15, -0.1) is 0 Å². The molecule has 1 atom stereocenters. The van der Waals surface area contributed by atoms with Gasteiger partial charge in [-0.1, -0.05) is 6.07 Å². The average Bonchev–Trinajstić information content (AvgIpc) is 2.98. The van der Waals surface area contributed by atoms with Gasteiger partial charge in [0, 0.05) is 32.9 Å². The molecule has 0 saturated carbocycles. The summed E-state index contributed by atoms with van der Waals surface area (Å²) >= 11 is 0. The maximum atomic E-state index is 12.2.